The van der Waals surface area contributed by atoms with E-state index in [-0.39, 0.29) is 11.4 Å². The Hall–Kier alpha value is -3.23. The van der Waals surface area contributed by atoms with Gasteiger partial charge in [0.05, 0.1) is 22.4 Å². The predicted octanol–water partition coefficient (Wildman–Crippen LogP) is 2.28. The number of aromatic nitrogens is 3. The Kier molecular flexibility index (Phi) is 4.69. The summed E-state index contributed by atoms with van der Waals surface area (Å²) in [5.41, 5.74) is 0.879. The summed E-state index contributed by atoms with van der Waals surface area (Å²) >= 11 is 0. The van der Waals surface area contributed by atoms with Gasteiger partial charge in [-0.15, -0.1) is 6.58 Å². The zero-order valence-corrected chi connectivity index (χ0v) is 12.3. The van der Waals surface area contributed by atoms with Crippen LogP contribution >= 0.6 is 0 Å². The minimum Gasteiger partial charge on any atom is -0.465 e. The van der Waals surface area contributed by atoms with Crippen LogP contribution in [0.15, 0.2) is 37.1 Å². The molecule has 2 N–H and O–H groups in total. The zero-order chi connectivity index (χ0) is 17.0. The number of nitrogens with zero attached hydrogens (tertiary/aromatic N) is 4. The highest BCUT2D eigenvalue weighted by molar-refractivity contribution is 5.67. The molecule has 0 spiro atoms. The summed E-state index contributed by atoms with van der Waals surface area (Å²) in [5, 5.41) is 26.2. The van der Waals surface area contributed by atoms with Gasteiger partial charge in [-0.25, -0.2) is 9.78 Å². The lowest BCUT2D eigenvalue weighted by Crippen LogP contribution is -2.27. The van der Waals surface area contributed by atoms with Crippen molar-refractivity contribution in [2.45, 2.75) is 12.5 Å². The summed E-state index contributed by atoms with van der Waals surface area (Å²) in [6, 6.07) is 4.33. The number of rotatable bonds is 6. The van der Waals surface area contributed by atoms with Gasteiger partial charge >= 0.3 is 11.8 Å². The molecule has 0 bridgehead atoms. The molecule has 0 saturated heterocycles. The minimum atomic E-state index is -1.18. The fourth-order valence-electron chi connectivity index (χ4n) is 2.20. The van der Waals surface area contributed by atoms with E-state index in [1.54, 1.807) is 31.3 Å². The molecule has 2 aromatic rings. The number of nitro groups is 1. The van der Waals surface area contributed by atoms with E-state index in [4.69, 9.17) is 5.11 Å². The molecule has 120 valence electrons. The molecule has 2 rings (SSSR count). The van der Waals surface area contributed by atoms with Crippen LogP contribution in [0.5, 0.6) is 0 Å². The van der Waals surface area contributed by atoms with E-state index in [1.807, 2.05) is 0 Å². The van der Waals surface area contributed by atoms with Crippen LogP contribution in [-0.2, 0) is 7.05 Å². The molecule has 9 heteroatoms. The topological polar surface area (TPSA) is 123 Å². The lowest BCUT2D eigenvalue weighted by Gasteiger charge is -2.15. The Bertz CT molecular complexity index is 755. The van der Waals surface area contributed by atoms with Crippen LogP contribution in [-0.4, -0.2) is 30.9 Å². The molecule has 1 unspecified atom stereocenters. The maximum atomic E-state index is 11.1. The number of nitrogens with one attached hydrogen (secondary N) is 1. The number of carboxylic acid groups (broad SMARTS) is 1. The van der Waals surface area contributed by atoms with Crippen molar-refractivity contribution in [1.29, 1.82) is 0 Å². The number of pyridine rings is 1. The molecule has 9 nitrogen and oxygen atoms in total. The van der Waals surface area contributed by atoms with Crippen molar-refractivity contribution >= 4 is 11.8 Å². The van der Waals surface area contributed by atoms with E-state index in [0.717, 1.165) is 6.20 Å². The van der Waals surface area contributed by atoms with Crippen molar-refractivity contribution in [3.8, 4) is 11.4 Å². The van der Waals surface area contributed by atoms with Gasteiger partial charge in [0.15, 0.2) is 5.69 Å². The van der Waals surface area contributed by atoms with Crippen LogP contribution < -0.4 is 5.32 Å². The fourth-order valence-corrected chi connectivity index (χ4v) is 2.20. The normalized spacial score (nSPS) is 11.7. The number of hydrogen-bond acceptors (Lipinski definition) is 5. The Labute approximate surface area is 131 Å². The fraction of sp³-hybridized carbons (Fsp3) is 0.214. The second-order valence-electron chi connectivity index (χ2n) is 4.73. The lowest BCUT2D eigenvalue weighted by atomic mass is 10.1. The van der Waals surface area contributed by atoms with Crippen LogP contribution in [0.25, 0.3) is 11.4 Å². The first-order valence-electron chi connectivity index (χ1n) is 6.68. The first-order chi connectivity index (χ1) is 10.9. The summed E-state index contributed by atoms with van der Waals surface area (Å²) in [6.07, 6.45) is 1.88. The van der Waals surface area contributed by atoms with Crippen molar-refractivity contribution < 1.29 is 14.8 Å². The minimum absolute atomic E-state index is 0.163. The Morgan fingerprint density at radius 1 is 1.61 bits per heavy atom. The Morgan fingerprint density at radius 2 is 2.35 bits per heavy atom. The third kappa shape index (κ3) is 3.51. The Morgan fingerprint density at radius 3 is 2.96 bits per heavy atom. The van der Waals surface area contributed by atoms with Gasteiger partial charge in [-0.1, -0.05) is 12.1 Å². The predicted molar refractivity (Wildman–Crippen MR) is 81.8 cm³/mol. The summed E-state index contributed by atoms with van der Waals surface area (Å²) in [6.45, 7) is 3.59. The molecule has 0 fully saturated rings. The summed E-state index contributed by atoms with van der Waals surface area (Å²) < 4.78 is 1.36. The van der Waals surface area contributed by atoms with E-state index in [0.29, 0.717) is 17.8 Å². The van der Waals surface area contributed by atoms with Gasteiger partial charge in [0, 0.05) is 7.05 Å². The SMILES string of the molecule is C=CCC(NC(=O)O)c1cccc(-c2c([N+](=O)[O-])cnn2C)n1. The average molecular weight is 317 g/mol. The molecular weight excluding hydrogens is 302 g/mol. The lowest BCUT2D eigenvalue weighted by molar-refractivity contribution is -0.384. The van der Waals surface area contributed by atoms with Crippen molar-refractivity contribution in [3.63, 3.8) is 0 Å². The summed E-state index contributed by atoms with van der Waals surface area (Å²) in [4.78, 5) is 25.8. The van der Waals surface area contributed by atoms with E-state index in [2.05, 4.69) is 22.0 Å². The van der Waals surface area contributed by atoms with Crippen LogP contribution in [0.2, 0.25) is 0 Å². The number of carbonyl (C=O) groups is 1. The summed E-state index contributed by atoms with van der Waals surface area (Å²) in [7, 11) is 1.58. The zero-order valence-electron chi connectivity index (χ0n) is 12.3. The number of hydrogen-bond donors (Lipinski definition) is 2. The monoisotopic (exact) mass is 317 g/mol. The number of amides is 1. The van der Waals surface area contributed by atoms with Gasteiger partial charge < -0.3 is 10.4 Å². The molecule has 23 heavy (non-hydrogen) atoms. The largest absolute Gasteiger partial charge is 0.465 e. The van der Waals surface area contributed by atoms with Crippen LogP contribution in [0, 0.1) is 10.1 Å². The molecule has 0 saturated carbocycles. The van der Waals surface area contributed by atoms with Gasteiger partial charge in [0.2, 0.25) is 0 Å². The molecule has 0 aromatic carbocycles. The molecule has 0 aliphatic heterocycles. The van der Waals surface area contributed by atoms with Crippen molar-refractivity contribution in [3.05, 3.63) is 52.9 Å². The van der Waals surface area contributed by atoms with Gasteiger partial charge in [0.25, 0.3) is 0 Å². The van der Waals surface area contributed by atoms with Gasteiger partial charge in [-0.3, -0.25) is 14.8 Å². The van der Waals surface area contributed by atoms with Crippen LogP contribution in [0.4, 0.5) is 10.5 Å². The highest BCUT2D eigenvalue weighted by atomic mass is 16.6. The highest BCUT2D eigenvalue weighted by Gasteiger charge is 2.23. The first-order valence-corrected chi connectivity index (χ1v) is 6.68. The van der Waals surface area contributed by atoms with E-state index in [1.165, 1.54) is 4.68 Å². The maximum absolute atomic E-state index is 11.1. The van der Waals surface area contributed by atoms with E-state index < -0.39 is 17.1 Å². The molecule has 0 aliphatic carbocycles. The molecule has 1 atom stereocenters. The molecule has 0 radical (unpaired) electrons. The van der Waals surface area contributed by atoms with Crippen molar-refractivity contribution in [2.24, 2.45) is 7.05 Å². The van der Waals surface area contributed by atoms with Gasteiger partial charge in [-0.2, -0.15) is 5.10 Å². The first kappa shape index (κ1) is 16.1. The average Bonchev–Trinajstić information content (AvgIpc) is 2.88. The third-order valence-corrected chi connectivity index (χ3v) is 3.19. The molecule has 0 aliphatic rings. The molecular formula is C14H15N5O4. The highest BCUT2D eigenvalue weighted by Crippen LogP contribution is 2.28. The smallest absolute Gasteiger partial charge is 0.405 e. The Balaban J connectivity index is 2.47. The second-order valence-corrected chi connectivity index (χ2v) is 4.73. The van der Waals surface area contributed by atoms with Gasteiger partial charge in [0.1, 0.15) is 6.20 Å². The van der Waals surface area contributed by atoms with Gasteiger partial charge in [-0.05, 0) is 18.6 Å². The quantitative estimate of drug-likeness (QED) is 0.478. The van der Waals surface area contributed by atoms with Crippen LogP contribution in [0.1, 0.15) is 18.2 Å². The molecule has 2 heterocycles. The molecule has 2 aromatic heterocycles. The maximum Gasteiger partial charge on any atom is 0.405 e. The second kappa shape index (κ2) is 6.69. The number of aryl methyl sites for hydroxylation is 1. The van der Waals surface area contributed by atoms with Crippen LogP contribution in [0.3, 0.4) is 0 Å². The molecule has 1 amide bonds. The van der Waals surface area contributed by atoms with E-state index >= 15 is 0 Å². The third-order valence-electron chi connectivity index (χ3n) is 3.19. The summed E-state index contributed by atoms with van der Waals surface area (Å²) in [5.74, 6) is 0. The van der Waals surface area contributed by atoms with E-state index in [9.17, 15) is 14.9 Å². The van der Waals surface area contributed by atoms with Crippen molar-refractivity contribution in [2.75, 3.05) is 0 Å². The van der Waals surface area contributed by atoms with Crippen molar-refractivity contribution in [1.82, 2.24) is 20.1 Å². The standard InChI is InChI=1S/C14H15N5O4/c1-3-5-9(17-14(20)21)10-6-4-7-11(16-10)13-12(19(22)23)8-15-18(13)2/h3-4,6-9,17H,1,5H2,2H3,(H,20,21).